The fraction of sp³-hybridized carbons (Fsp3) is 0.160. The summed E-state index contributed by atoms with van der Waals surface area (Å²) in [6.07, 6.45) is 2.87. The van der Waals surface area contributed by atoms with Crippen LogP contribution in [0.5, 0.6) is 5.75 Å². The average molecular weight is 609 g/mol. The quantitative estimate of drug-likeness (QED) is 0.271. The lowest BCUT2D eigenvalue weighted by molar-refractivity contribution is -0.116. The Hall–Kier alpha value is -1.93. The van der Waals surface area contributed by atoms with Gasteiger partial charge >= 0.3 is 0 Å². The maximum Gasteiger partial charge on any atom is 0.260 e. The molecule has 1 fully saturated rings. The van der Waals surface area contributed by atoms with Crippen molar-refractivity contribution < 1.29 is 9.53 Å². The van der Waals surface area contributed by atoms with Gasteiger partial charge in [-0.15, -0.1) is 0 Å². The summed E-state index contributed by atoms with van der Waals surface area (Å²) in [6.45, 7) is 2.54. The second-order valence-electron chi connectivity index (χ2n) is 7.40. The predicted molar refractivity (Wildman–Crippen MR) is 145 cm³/mol. The number of benzene rings is 3. The van der Waals surface area contributed by atoms with E-state index in [9.17, 15) is 4.79 Å². The van der Waals surface area contributed by atoms with Crippen LogP contribution in [0.3, 0.4) is 0 Å². The van der Waals surface area contributed by atoms with Crippen molar-refractivity contribution in [3.8, 4) is 5.75 Å². The van der Waals surface area contributed by atoms with Gasteiger partial charge in [-0.25, -0.2) is 0 Å². The summed E-state index contributed by atoms with van der Waals surface area (Å²) in [4.78, 5) is 13.1. The van der Waals surface area contributed by atoms with Crippen molar-refractivity contribution in [3.63, 3.8) is 0 Å². The van der Waals surface area contributed by atoms with Crippen LogP contribution in [0.1, 0.15) is 23.6 Å². The molecule has 33 heavy (non-hydrogen) atoms. The number of ether oxygens (including phenoxy) is 1. The van der Waals surface area contributed by atoms with E-state index in [4.69, 9.17) is 16.3 Å². The van der Waals surface area contributed by atoms with Crippen molar-refractivity contribution in [2.75, 3.05) is 5.32 Å². The Morgan fingerprint density at radius 3 is 2.33 bits per heavy atom. The number of carbonyl (C=O) groups is 1. The topological polar surface area (TPSA) is 50.4 Å². The van der Waals surface area contributed by atoms with Crippen LogP contribution in [-0.4, -0.2) is 11.4 Å². The van der Waals surface area contributed by atoms with E-state index in [1.807, 2.05) is 54.6 Å². The first-order valence-electron chi connectivity index (χ1n) is 10.3. The number of anilines is 1. The first-order valence-corrected chi connectivity index (χ1v) is 13.2. The molecule has 0 saturated carbocycles. The smallest absolute Gasteiger partial charge is 0.260 e. The Labute approximate surface area is 219 Å². The van der Waals surface area contributed by atoms with Crippen LogP contribution >= 0.6 is 55.2 Å². The van der Waals surface area contributed by atoms with Gasteiger partial charge < -0.3 is 15.4 Å². The largest absolute Gasteiger partial charge is 0.487 e. The Bertz CT molecular complexity index is 1160. The molecular weight excluding hydrogens is 588 g/mol. The van der Waals surface area contributed by atoms with Crippen LogP contribution in [-0.2, 0) is 17.8 Å². The Morgan fingerprint density at radius 2 is 1.70 bits per heavy atom. The van der Waals surface area contributed by atoms with Gasteiger partial charge in [0.15, 0.2) is 5.50 Å². The third-order valence-corrected chi connectivity index (χ3v) is 7.46. The molecule has 4 rings (SSSR count). The molecule has 0 spiro atoms. The molecule has 0 aromatic heterocycles. The second kappa shape index (κ2) is 11.0. The van der Waals surface area contributed by atoms with Gasteiger partial charge in [-0.1, -0.05) is 54.6 Å². The molecule has 170 valence electrons. The zero-order valence-electron chi connectivity index (χ0n) is 17.7. The maximum absolute atomic E-state index is 12.5. The molecule has 2 N–H and O–H groups in total. The summed E-state index contributed by atoms with van der Waals surface area (Å²) in [5.41, 5.74) is 3.94. The van der Waals surface area contributed by atoms with Crippen LogP contribution in [0, 0.1) is 0 Å². The number of hydrogen-bond acceptors (Lipinski definition) is 4. The molecule has 0 bridgehead atoms. The van der Waals surface area contributed by atoms with Crippen LogP contribution < -0.4 is 15.4 Å². The molecule has 8 heteroatoms. The van der Waals surface area contributed by atoms with Gasteiger partial charge in [-0.05, 0) is 97.4 Å². The van der Waals surface area contributed by atoms with Crippen LogP contribution in [0.15, 0.2) is 74.5 Å². The van der Waals surface area contributed by atoms with E-state index in [0.717, 1.165) is 32.2 Å². The number of carbonyl (C=O) groups excluding carboxylic acids is 1. The molecule has 1 aliphatic heterocycles. The monoisotopic (exact) mass is 606 g/mol. The summed E-state index contributed by atoms with van der Waals surface area (Å²) in [5.74, 6) is 0.601. The molecule has 0 unspecified atom stereocenters. The lowest BCUT2D eigenvalue weighted by Crippen LogP contribution is -2.30. The summed E-state index contributed by atoms with van der Waals surface area (Å²) in [7, 11) is 0. The summed E-state index contributed by atoms with van der Waals surface area (Å²) in [6, 6.07) is 19.7. The summed E-state index contributed by atoms with van der Waals surface area (Å²) in [5, 5.41) is 7.01. The summed E-state index contributed by atoms with van der Waals surface area (Å²) < 4.78 is 7.58. The van der Waals surface area contributed by atoms with E-state index in [1.165, 1.54) is 17.3 Å². The first-order chi connectivity index (χ1) is 15.9. The highest BCUT2D eigenvalue weighted by molar-refractivity contribution is 9.11. The predicted octanol–water partition coefficient (Wildman–Crippen LogP) is 7.61. The van der Waals surface area contributed by atoms with Crippen molar-refractivity contribution in [2.45, 2.75) is 25.4 Å². The highest BCUT2D eigenvalue weighted by Crippen LogP contribution is 2.37. The molecule has 1 aliphatic rings. The molecule has 0 radical (unpaired) electrons. The van der Waals surface area contributed by atoms with Crippen LogP contribution in [0.2, 0.25) is 5.02 Å². The highest BCUT2D eigenvalue weighted by Gasteiger charge is 2.27. The fourth-order valence-electron chi connectivity index (χ4n) is 3.24. The van der Waals surface area contributed by atoms with E-state index in [1.54, 1.807) is 0 Å². The Balaban J connectivity index is 1.43. The molecule has 1 saturated heterocycles. The van der Waals surface area contributed by atoms with Gasteiger partial charge in [0.2, 0.25) is 0 Å². The van der Waals surface area contributed by atoms with Crippen molar-refractivity contribution in [1.82, 2.24) is 5.32 Å². The molecular formula is C25H21Br2ClN2O2S. The zero-order valence-corrected chi connectivity index (χ0v) is 22.4. The minimum absolute atomic E-state index is 0.0991. The highest BCUT2D eigenvalue weighted by atomic mass is 79.9. The SMILES string of the molecule is CCc1ccc(N[C@H]2NC(=O)/C(=C/c3cc(Br)c(OCc4ccc(Cl)cc4)c(Br)c3)S2)cc1. The van der Waals surface area contributed by atoms with Gasteiger partial charge in [0, 0.05) is 10.7 Å². The zero-order chi connectivity index (χ0) is 23.4. The standard InChI is InChI=1S/C25H21Br2ClN2O2S/c1-2-15-5-9-19(10-6-15)29-25-30-24(31)22(33-25)13-17-11-20(26)23(21(27)12-17)32-14-16-3-7-18(28)8-4-16/h3-13,25,29H,2,14H2,1H3,(H,30,31)/b22-13-/t25-/m0/s1. The number of nitrogens with one attached hydrogen (secondary N) is 2. The molecule has 3 aromatic carbocycles. The Morgan fingerprint density at radius 1 is 1.06 bits per heavy atom. The lowest BCUT2D eigenvalue weighted by atomic mass is 10.1. The molecule has 1 amide bonds. The van der Waals surface area contributed by atoms with Crippen molar-refractivity contribution in [3.05, 3.63) is 96.2 Å². The third-order valence-electron chi connectivity index (χ3n) is 5.01. The van der Waals surface area contributed by atoms with Gasteiger partial charge in [-0.2, -0.15) is 0 Å². The Kier molecular flexibility index (Phi) is 8.07. The normalized spacial score (nSPS) is 16.7. The molecule has 1 atom stereocenters. The van der Waals surface area contributed by atoms with Crippen molar-refractivity contribution in [2.24, 2.45) is 0 Å². The van der Waals surface area contributed by atoms with Crippen molar-refractivity contribution >= 4 is 72.9 Å². The van der Waals surface area contributed by atoms with Gasteiger partial charge in [0.1, 0.15) is 12.4 Å². The van der Waals surface area contributed by atoms with Crippen molar-refractivity contribution in [1.29, 1.82) is 0 Å². The van der Waals surface area contributed by atoms with Gasteiger partial charge in [-0.3, -0.25) is 4.79 Å². The molecule has 3 aromatic rings. The third kappa shape index (κ3) is 6.35. The molecule has 4 nitrogen and oxygen atoms in total. The number of amides is 1. The molecule has 0 aliphatic carbocycles. The second-order valence-corrected chi connectivity index (χ2v) is 10.7. The minimum Gasteiger partial charge on any atom is -0.487 e. The van der Waals surface area contributed by atoms with Crippen LogP contribution in [0.4, 0.5) is 5.69 Å². The fourth-order valence-corrected chi connectivity index (χ4v) is 5.80. The first kappa shape index (κ1) is 24.2. The van der Waals surface area contributed by atoms with Gasteiger partial charge in [0.25, 0.3) is 5.91 Å². The number of rotatable bonds is 7. The molecule has 1 heterocycles. The van der Waals surface area contributed by atoms with E-state index >= 15 is 0 Å². The van der Waals surface area contributed by atoms with Gasteiger partial charge in [0.05, 0.1) is 13.9 Å². The van der Waals surface area contributed by atoms with E-state index in [0.29, 0.717) is 22.3 Å². The van der Waals surface area contributed by atoms with E-state index < -0.39 is 0 Å². The van der Waals surface area contributed by atoms with E-state index in [-0.39, 0.29) is 11.4 Å². The number of hydrogen-bond donors (Lipinski definition) is 2. The number of halogens is 3. The minimum atomic E-state index is -0.218. The van der Waals surface area contributed by atoms with Crippen LogP contribution in [0.25, 0.3) is 6.08 Å². The lowest BCUT2D eigenvalue weighted by Gasteiger charge is -2.13. The van der Waals surface area contributed by atoms with E-state index in [2.05, 4.69) is 61.5 Å². The number of thioether (sulfide) groups is 1. The maximum atomic E-state index is 12.5. The number of aryl methyl sites for hydroxylation is 1. The average Bonchev–Trinajstić information content (AvgIpc) is 3.13. The summed E-state index contributed by atoms with van der Waals surface area (Å²) >= 11 is 14.6.